The number of piperazine rings is 1. The average molecular weight is 279 g/mol. The van der Waals surface area contributed by atoms with E-state index in [4.69, 9.17) is 10.5 Å². The zero-order chi connectivity index (χ0) is 14.8. The minimum absolute atomic E-state index is 0. The van der Waals surface area contributed by atoms with E-state index in [9.17, 15) is 4.79 Å². The van der Waals surface area contributed by atoms with Gasteiger partial charge >= 0.3 is 6.09 Å². The van der Waals surface area contributed by atoms with Crippen LogP contribution in [0.3, 0.4) is 0 Å². The zero-order valence-electron chi connectivity index (χ0n) is 12.4. The van der Waals surface area contributed by atoms with Crippen molar-refractivity contribution in [3.05, 3.63) is 24.3 Å². The SMILES string of the molecule is CC(C)(C)OC(=O)N1CCN(c2cccc(N)c2)CC1.[HH]. The van der Waals surface area contributed by atoms with Crippen molar-refractivity contribution < 1.29 is 11.0 Å². The Morgan fingerprint density at radius 1 is 1.25 bits per heavy atom. The van der Waals surface area contributed by atoms with Gasteiger partial charge in [0.2, 0.25) is 0 Å². The zero-order valence-corrected chi connectivity index (χ0v) is 12.4. The lowest BCUT2D eigenvalue weighted by molar-refractivity contribution is 0.0240. The fourth-order valence-corrected chi connectivity index (χ4v) is 2.20. The molecule has 1 saturated heterocycles. The number of anilines is 2. The van der Waals surface area contributed by atoms with Crippen LogP contribution in [0.2, 0.25) is 0 Å². The molecule has 1 heterocycles. The lowest BCUT2D eigenvalue weighted by Crippen LogP contribution is -2.50. The van der Waals surface area contributed by atoms with Crippen molar-refractivity contribution in [1.82, 2.24) is 4.90 Å². The minimum Gasteiger partial charge on any atom is -0.444 e. The number of rotatable bonds is 1. The minimum atomic E-state index is -0.442. The largest absolute Gasteiger partial charge is 0.444 e. The summed E-state index contributed by atoms with van der Waals surface area (Å²) in [6, 6.07) is 7.83. The lowest BCUT2D eigenvalue weighted by Gasteiger charge is -2.36. The number of hydrogen-bond acceptors (Lipinski definition) is 4. The first-order chi connectivity index (χ1) is 9.35. The number of nitrogen functional groups attached to an aromatic ring is 1. The van der Waals surface area contributed by atoms with Crippen LogP contribution in [0.4, 0.5) is 16.2 Å². The molecule has 1 aliphatic heterocycles. The summed E-state index contributed by atoms with van der Waals surface area (Å²) >= 11 is 0. The summed E-state index contributed by atoms with van der Waals surface area (Å²) in [7, 11) is 0. The van der Waals surface area contributed by atoms with Gasteiger partial charge in [0.15, 0.2) is 0 Å². The highest BCUT2D eigenvalue weighted by atomic mass is 16.6. The van der Waals surface area contributed by atoms with E-state index in [1.165, 1.54) is 0 Å². The van der Waals surface area contributed by atoms with E-state index < -0.39 is 5.60 Å². The van der Waals surface area contributed by atoms with Gasteiger partial charge in [-0.3, -0.25) is 0 Å². The van der Waals surface area contributed by atoms with Crippen molar-refractivity contribution in [3.63, 3.8) is 0 Å². The van der Waals surface area contributed by atoms with E-state index in [0.29, 0.717) is 13.1 Å². The van der Waals surface area contributed by atoms with Gasteiger partial charge in [0.05, 0.1) is 0 Å². The van der Waals surface area contributed by atoms with E-state index in [-0.39, 0.29) is 7.52 Å². The van der Waals surface area contributed by atoms with E-state index >= 15 is 0 Å². The van der Waals surface area contributed by atoms with Crippen LogP contribution < -0.4 is 10.6 Å². The van der Waals surface area contributed by atoms with Crippen LogP contribution in [0.5, 0.6) is 0 Å². The number of hydrogen-bond donors (Lipinski definition) is 1. The molecule has 0 saturated carbocycles. The standard InChI is InChI=1S/C15H23N3O2.H2/c1-15(2,3)20-14(19)18-9-7-17(8-10-18)13-6-4-5-12(16)11-13;/h4-6,11H,7-10,16H2,1-3H3;1H. The van der Waals surface area contributed by atoms with Gasteiger partial charge in [0.1, 0.15) is 5.60 Å². The highest BCUT2D eigenvalue weighted by Crippen LogP contribution is 2.20. The molecule has 0 aromatic heterocycles. The maximum Gasteiger partial charge on any atom is 0.410 e. The molecule has 0 atom stereocenters. The Balaban J connectivity index is 0.00000220. The number of carbonyl (C=O) groups is 1. The first-order valence-electron chi connectivity index (χ1n) is 6.93. The van der Waals surface area contributed by atoms with Gasteiger partial charge in [-0.15, -0.1) is 0 Å². The first kappa shape index (κ1) is 14.5. The van der Waals surface area contributed by atoms with Gasteiger partial charge < -0.3 is 20.3 Å². The quantitative estimate of drug-likeness (QED) is 0.803. The summed E-state index contributed by atoms with van der Waals surface area (Å²) in [4.78, 5) is 16.0. The van der Waals surface area contributed by atoms with E-state index in [1.54, 1.807) is 4.90 Å². The molecule has 0 spiro atoms. The highest BCUT2D eigenvalue weighted by Gasteiger charge is 2.25. The highest BCUT2D eigenvalue weighted by molar-refractivity contribution is 5.68. The maximum absolute atomic E-state index is 12.0. The third-order valence-electron chi connectivity index (χ3n) is 3.17. The van der Waals surface area contributed by atoms with Gasteiger partial charge in [0, 0.05) is 39.0 Å². The molecule has 0 bridgehead atoms. The first-order valence-corrected chi connectivity index (χ1v) is 6.93. The number of nitrogens with zero attached hydrogens (tertiary/aromatic N) is 2. The number of benzene rings is 1. The summed E-state index contributed by atoms with van der Waals surface area (Å²) < 4.78 is 5.39. The van der Waals surface area contributed by atoms with Crippen LogP contribution in [-0.2, 0) is 4.74 Å². The lowest BCUT2D eigenvalue weighted by atomic mass is 10.2. The molecule has 5 heteroatoms. The monoisotopic (exact) mass is 279 g/mol. The maximum atomic E-state index is 12.0. The smallest absolute Gasteiger partial charge is 0.410 e. The molecule has 1 aliphatic rings. The van der Waals surface area contributed by atoms with Crippen molar-refractivity contribution >= 4 is 17.5 Å². The van der Waals surface area contributed by atoms with Crippen molar-refractivity contribution in [2.75, 3.05) is 36.8 Å². The van der Waals surface area contributed by atoms with Crippen LogP contribution in [-0.4, -0.2) is 42.8 Å². The Labute approximate surface area is 121 Å². The molecule has 0 aliphatic carbocycles. The van der Waals surface area contributed by atoms with Crippen molar-refractivity contribution in [2.24, 2.45) is 0 Å². The number of carbonyl (C=O) groups excluding carboxylic acids is 1. The second kappa shape index (κ2) is 5.61. The molecule has 1 fully saturated rings. The van der Waals surface area contributed by atoms with Crippen LogP contribution in [0.15, 0.2) is 24.3 Å². The fourth-order valence-electron chi connectivity index (χ4n) is 2.20. The summed E-state index contributed by atoms with van der Waals surface area (Å²) in [5.41, 5.74) is 7.22. The number of ether oxygens (including phenoxy) is 1. The molecule has 1 aromatic carbocycles. The molecule has 0 radical (unpaired) electrons. The molecule has 112 valence electrons. The van der Waals surface area contributed by atoms with Crippen molar-refractivity contribution in [2.45, 2.75) is 26.4 Å². The van der Waals surface area contributed by atoms with Gasteiger partial charge in [-0.2, -0.15) is 0 Å². The van der Waals surface area contributed by atoms with Crippen molar-refractivity contribution in [3.8, 4) is 0 Å². The number of nitrogens with two attached hydrogens (primary N) is 1. The van der Waals surface area contributed by atoms with Gasteiger partial charge in [0.25, 0.3) is 0 Å². The Bertz CT molecular complexity index is 480. The topological polar surface area (TPSA) is 58.8 Å². The normalized spacial score (nSPS) is 16.1. The van der Waals surface area contributed by atoms with Gasteiger partial charge in [-0.1, -0.05) is 6.07 Å². The second-order valence-corrected chi connectivity index (χ2v) is 6.05. The molecular weight excluding hydrogens is 254 g/mol. The summed E-state index contributed by atoms with van der Waals surface area (Å²) in [6.07, 6.45) is -0.232. The summed E-state index contributed by atoms with van der Waals surface area (Å²) in [5.74, 6) is 0. The van der Waals surface area contributed by atoms with E-state index in [0.717, 1.165) is 24.5 Å². The molecular formula is C15H25N3O2. The molecule has 1 aromatic rings. The molecule has 2 rings (SSSR count). The third kappa shape index (κ3) is 3.79. The van der Waals surface area contributed by atoms with E-state index in [2.05, 4.69) is 4.90 Å². The van der Waals surface area contributed by atoms with Crippen LogP contribution in [0, 0.1) is 0 Å². The second-order valence-electron chi connectivity index (χ2n) is 6.05. The van der Waals surface area contributed by atoms with Crippen LogP contribution >= 0.6 is 0 Å². The Kier molecular flexibility index (Phi) is 4.06. The van der Waals surface area contributed by atoms with Crippen LogP contribution in [0.1, 0.15) is 22.2 Å². The van der Waals surface area contributed by atoms with Crippen molar-refractivity contribution in [1.29, 1.82) is 0 Å². The van der Waals surface area contributed by atoms with Gasteiger partial charge in [-0.25, -0.2) is 4.79 Å². The molecule has 20 heavy (non-hydrogen) atoms. The summed E-state index contributed by atoms with van der Waals surface area (Å²) in [5, 5.41) is 0. The molecule has 0 unspecified atom stereocenters. The number of amides is 1. The molecule has 5 nitrogen and oxygen atoms in total. The molecule has 1 amide bonds. The average Bonchev–Trinajstić information content (AvgIpc) is 2.37. The van der Waals surface area contributed by atoms with E-state index in [1.807, 2.05) is 45.0 Å². The Morgan fingerprint density at radius 3 is 2.45 bits per heavy atom. The van der Waals surface area contributed by atoms with Crippen LogP contribution in [0.25, 0.3) is 0 Å². The fraction of sp³-hybridized carbons (Fsp3) is 0.533. The predicted octanol–water partition coefficient (Wildman–Crippen LogP) is 2.57. The van der Waals surface area contributed by atoms with Gasteiger partial charge in [-0.05, 0) is 39.0 Å². The Hall–Kier alpha value is -1.91. The third-order valence-corrected chi connectivity index (χ3v) is 3.17. The summed E-state index contributed by atoms with van der Waals surface area (Å²) in [6.45, 7) is 8.58. The predicted molar refractivity (Wildman–Crippen MR) is 83.0 cm³/mol. The Morgan fingerprint density at radius 2 is 1.90 bits per heavy atom. The molecule has 2 N–H and O–H groups in total.